The molecule has 0 spiro atoms. The fourth-order valence-electron chi connectivity index (χ4n) is 2.84. The lowest BCUT2D eigenvalue weighted by atomic mass is 9.98. The summed E-state index contributed by atoms with van der Waals surface area (Å²) in [7, 11) is 0. The Bertz CT molecular complexity index is 192. The Balaban J connectivity index is 1.78. The number of rotatable bonds is 3. The molecule has 0 aromatic rings. The van der Waals surface area contributed by atoms with E-state index in [-0.39, 0.29) is 0 Å². The van der Waals surface area contributed by atoms with Gasteiger partial charge in [-0.15, -0.1) is 0 Å². The third-order valence-corrected chi connectivity index (χ3v) is 3.96. The quantitative estimate of drug-likeness (QED) is 0.764. The second kappa shape index (κ2) is 5.28. The maximum absolute atomic E-state index is 6.29. The lowest BCUT2D eigenvalue weighted by Crippen LogP contribution is -2.50. The lowest BCUT2D eigenvalue weighted by molar-refractivity contribution is -0.00509. The van der Waals surface area contributed by atoms with Crippen molar-refractivity contribution in [2.24, 2.45) is 11.7 Å². The van der Waals surface area contributed by atoms with Crippen molar-refractivity contribution in [3.8, 4) is 0 Å². The Kier molecular flexibility index (Phi) is 4.00. The minimum Gasteiger partial charge on any atom is -0.379 e. The van der Waals surface area contributed by atoms with Crippen molar-refractivity contribution in [3.63, 3.8) is 0 Å². The molecule has 1 saturated heterocycles. The highest BCUT2D eigenvalue weighted by Gasteiger charge is 2.26. The molecule has 3 nitrogen and oxygen atoms in total. The molecule has 1 aliphatic heterocycles. The topological polar surface area (TPSA) is 38.5 Å². The number of ether oxygens (including phenoxy) is 1. The number of morpholine rings is 1. The molecular weight excluding hydrogens is 188 g/mol. The first-order chi connectivity index (χ1) is 7.27. The van der Waals surface area contributed by atoms with Crippen molar-refractivity contribution in [2.75, 3.05) is 26.3 Å². The number of nitrogens with two attached hydrogens (primary N) is 1. The van der Waals surface area contributed by atoms with Crippen LogP contribution in [-0.2, 0) is 4.74 Å². The Morgan fingerprint density at radius 2 is 2.13 bits per heavy atom. The lowest BCUT2D eigenvalue weighted by Gasteiger charge is -2.36. The van der Waals surface area contributed by atoms with Crippen LogP contribution in [0.4, 0.5) is 0 Å². The van der Waals surface area contributed by atoms with Crippen LogP contribution in [0.15, 0.2) is 0 Å². The Morgan fingerprint density at radius 1 is 1.40 bits per heavy atom. The van der Waals surface area contributed by atoms with Gasteiger partial charge in [0, 0.05) is 25.2 Å². The Morgan fingerprint density at radius 3 is 2.80 bits per heavy atom. The third kappa shape index (κ3) is 2.92. The van der Waals surface area contributed by atoms with Gasteiger partial charge in [0.2, 0.25) is 0 Å². The maximum Gasteiger partial charge on any atom is 0.0619 e. The van der Waals surface area contributed by atoms with Gasteiger partial charge in [0.25, 0.3) is 0 Å². The van der Waals surface area contributed by atoms with Crippen molar-refractivity contribution in [2.45, 2.75) is 44.7 Å². The van der Waals surface area contributed by atoms with Crippen molar-refractivity contribution < 1.29 is 4.74 Å². The second-order valence-electron chi connectivity index (χ2n) is 5.13. The molecule has 1 saturated carbocycles. The Hall–Kier alpha value is -0.120. The van der Waals surface area contributed by atoms with Gasteiger partial charge in [0.15, 0.2) is 0 Å². The maximum atomic E-state index is 6.29. The van der Waals surface area contributed by atoms with Crippen LogP contribution in [-0.4, -0.2) is 43.3 Å². The van der Waals surface area contributed by atoms with Gasteiger partial charge in [0.1, 0.15) is 0 Å². The summed E-state index contributed by atoms with van der Waals surface area (Å²) in [5.74, 6) is 0.778. The van der Waals surface area contributed by atoms with Gasteiger partial charge < -0.3 is 10.5 Å². The van der Waals surface area contributed by atoms with Crippen molar-refractivity contribution in [1.82, 2.24) is 4.90 Å². The monoisotopic (exact) mass is 212 g/mol. The molecule has 0 bridgehead atoms. The molecule has 88 valence electrons. The van der Waals surface area contributed by atoms with Crippen LogP contribution in [0.2, 0.25) is 0 Å². The summed E-state index contributed by atoms with van der Waals surface area (Å²) in [6.45, 7) is 6.11. The van der Waals surface area contributed by atoms with Crippen molar-refractivity contribution in [1.29, 1.82) is 0 Å². The van der Waals surface area contributed by atoms with E-state index in [1.54, 1.807) is 0 Å². The third-order valence-electron chi connectivity index (χ3n) is 3.96. The zero-order valence-corrected chi connectivity index (χ0v) is 9.82. The molecule has 3 heteroatoms. The number of hydrogen-bond donors (Lipinski definition) is 1. The molecule has 15 heavy (non-hydrogen) atoms. The highest BCUT2D eigenvalue weighted by molar-refractivity contribution is 4.83. The zero-order valence-electron chi connectivity index (χ0n) is 9.82. The molecule has 2 atom stereocenters. The van der Waals surface area contributed by atoms with E-state index in [4.69, 9.17) is 10.5 Å². The van der Waals surface area contributed by atoms with E-state index in [0.717, 1.165) is 32.2 Å². The summed E-state index contributed by atoms with van der Waals surface area (Å²) < 4.78 is 5.44. The largest absolute Gasteiger partial charge is 0.379 e. The summed E-state index contributed by atoms with van der Waals surface area (Å²) in [4.78, 5) is 2.49. The molecule has 0 aromatic carbocycles. The summed E-state index contributed by atoms with van der Waals surface area (Å²) in [5.41, 5.74) is 6.29. The second-order valence-corrected chi connectivity index (χ2v) is 5.13. The highest BCUT2D eigenvalue weighted by Crippen LogP contribution is 2.27. The van der Waals surface area contributed by atoms with Gasteiger partial charge in [-0.1, -0.05) is 12.8 Å². The average molecular weight is 212 g/mol. The molecule has 1 heterocycles. The summed E-state index contributed by atoms with van der Waals surface area (Å²) in [5, 5.41) is 0. The molecule has 0 amide bonds. The molecule has 2 rings (SSSR count). The van der Waals surface area contributed by atoms with Gasteiger partial charge in [-0.2, -0.15) is 0 Å². The van der Waals surface area contributed by atoms with E-state index in [1.807, 2.05) is 0 Å². The Labute approximate surface area is 93.0 Å². The molecule has 1 aliphatic carbocycles. The van der Waals surface area contributed by atoms with Crippen LogP contribution >= 0.6 is 0 Å². The summed E-state index contributed by atoms with van der Waals surface area (Å²) in [6.07, 6.45) is 5.47. The molecular formula is C12H24N2O. The van der Waals surface area contributed by atoms with E-state index in [9.17, 15) is 0 Å². The smallest absolute Gasteiger partial charge is 0.0619 e. The summed E-state index contributed by atoms with van der Waals surface area (Å²) >= 11 is 0. The van der Waals surface area contributed by atoms with Crippen LogP contribution in [0.5, 0.6) is 0 Å². The van der Waals surface area contributed by atoms with E-state index >= 15 is 0 Å². The standard InChI is InChI=1S/C12H24N2O/c1-10-9-15-7-6-14(10)8-12(13)11-4-2-3-5-11/h10-12H,2-9,13H2,1H3. The van der Waals surface area contributed by atoms with Gasteiger partial charge in [-0.3, -0.25) is 4.90 Å². The number of hydrogen-bond acceptors (Lipinski definition) is 3. The molecule has 2 fully saturated rings. The van der Waals surface area contributed by atoms with E-state index in [0.29, 0.717) is 12.1 Å². The predicted octanol–water partition coefficient (Wildman–Crippen LogP) is 1.22. The van der Waals surface area contributed by atoms with Crippen molar-refractivity contribution in [3.05, 3.63) is 0 Å². The minimum absolute atomic E-state index is 0.382. The van der Waals surface area contributed by atoms with Crippen LogP contribution in [0.1, 0.15) is 32.6 Å². The number of nitrogens with zero attached hydrogens (tertiary/aromatic N) is 1. The fourth-order valence-corrected chi connectivity index (χ4v) is 2.84. The highest BCUT2D eigenvalue weighted by atomic mass is 16.5. The van der Waals surface area contributed by atoms with Gasteiger partial charge in [0.05, 0.1) is 13.2 Å². The first-order valence-electron chi connectivity index (χ1n) is 6.35. The minimum atomic E-state index is 0.382. The average Bonchev–Trinajstić information content (AvgIpc) is 2.74. The van der Waals surface area contributed by atoms with Gasteiger partial charge >= 0.3 is 0 Å². The van der Waals surface area contributed by atoms with Crippen LogP contribution in [0.25, 0.3) is 0 Å². The van der Waals surface area contributed by atoms with E-state index < -0.39 is 0 Å². The zero-order chi connectivity index (χ0) is 10.7. The summed E-state index contributed by atoms with van der Waals surface area (Å²) in [6, 6.07) is 0.930. The van der Waals surface area contributed by atoms with E-state index in [2.05, 4.69) is 11.8 Å². The normalized spacial score (nSPS) is 32.0. The van der Waals surface area contributed by atoms with Crippen LogP contribution in [0.3, 0.4) is 0 Å². The fraction of sp³-hybridized carbons (Fsp3) is 1.00. The van der Waals surface area contributed by atoms with Crippen LogP contribution in [0, 0.1) is 5.92 Å². The van der Waals surface area contributed by atoms with E-state index in [1.165, 1.54) is 25.7 Å². The molecule has 0 radical (unpaired) electrons. The molecule has 2 N–H and O–H groups in total. The van der Waals surface area contributed by atoms with Crippen LogP contribution < -0.4 is 5.73 Å². The first-order valence-corrected chi connectivity index (χ1v) is 6.35. The SMILES string of the molecule is CC1COCCN1CC(N)C1CCCC1. The van der Waals surface area contributed by atoms with Gasteiger partial charge in [-0.05, 0) is 25.7 Å². The predicted molar refractivity (Wildman–Crippen MR) is 61.8 cm³/mol. The van der Waals surface area contributed by atoms with Crippen molar-refractivity contribution >= 4 is 0 Å². The van der Waals surface area contributed by atoms with Gasteiger partial charge in [-0.25, -0.2) is 0 Å². The molecule has 0 aromatic heterocycles. The first kappa shape index (κ1) is 11.4. The molecule has 2 unspecified atom stereocenters. The molecule has 2 aliphatic rings.